The molecule has 1 heterocycles. The Balaban J connectivity index is 1.50. The zero-order chi connectivity index (χ0) is 18.1. The average Bonchev–Trinajstić information content (AvgIpc) is 3.45. The summed E-state index contributed by atoms with van der Waals surface area (Å²) in [6.07, 6.45) is 2.72. The first kappa shape index (κ1) is 16.8. The molecule has 1 aliphatic carbocycles. The summed E-state index contributed by atoms with van der Waals surface area (Å²) in [7, 11) is 0. The van der Waals surface area contributed by atoms with E-state index in [1.165, 1.54) is 12.1 Å². The maximum atomic E-state index is 14.0. The van der Waals surface area contributed by atoms with Crippen molar-refractivity contribution in [2.75, 3.05) is 6.54 Å². The number of aromatic nitrogens is 2. The second-order valence-corrected chi connectivity index (χ2v) is 6.72. The SMILES string of the molecule is O=c1[nH]c(CCN(Cc2ccc(F)cc2F)C2CC2)nc2ccccc12. The molecule has 0 radical (unpaired) electrons. The molecule has 1 fully saturated rings. The molecule has 1 aromatic heterocycles. The largest absolute Gasteiger partial charge is 0.310 e. The highest BCUT2D eigenvalue weighted by molar-refractivity contribution is 5.77. The topological polar surface area (TPSA) is 49.0 Å². The molecule has 0 atom stereocenters. The maximum absolute atomic E-state index is 14.0. The van der Waals surface area contributed by atoms with E-state index >= 15 is 0 Å². The van der Waals surface area contributed by atoms with Crippen molar-refractivity contribution in [2.45, 2.75) is 31.8 Å². The van der Waals surface area contributed by atoms with Crippen molar-refractivity contribution in [1.82, 2.24) is 14.9 Å². The van der Waals surface area contributed by atoms with Crippen molar-refractivity contribution in [2.24, 2.45) is 0 Å². The Bertz CT molecular complexity index is 998. The van der Waals surface area contributed by atoms with E-state index in [-0.39, 0.29) is 5.56 Å². The van der Waals surface area contributed by atoms with Crippen LogP contribution in [0.2, 0.25) is 0 Å². The summed E-state index contributed by atoms with van der Waals surface area (Å²) < 4.78 is 27.1. The van der Waals surface area contributed by atoms with Crippen LogP contribution in [0.3, 0.4) is 0 Å². The van der Waals surface area contributed by atoms with Gasteiger partial charge in [0.25, 0.3) is 5.56 Å². The van der Waals surface area contributed by atoms with Gasteiger partial charge in [-0.05, 0) is 31.0 Å². The number of rotatable bonds is 6. The highest BCUT2D eigenvalue weighted by Crippen LogP contribution is 2.29. The van der Waals surface area contributed by atoms with Crippen molar-refractivity contribution in [3.63, 3.8) is 0 Å². The molecule has 2 aromatic carbocycles. The lowest BCUT2D eigenvalue weighted by Gasteiger charge is -2.22. The minimum atomic E-state index is -0.567. The zero-order valence-electron chi connectivity index (χ0n) is 14.2. The van der Waals surface area contributed by atoms with E-state index in [4.69, 9.17) is 0 Å². The lowest BCUT2D eigenvalue weighted by molar-refractivity contribution is 0.252. The van der Waals surface area contributed by atoms with E-state index in [0.717, 1.165) is 18.9 Å². The highest BCUT2D eigenvalue weighted by atomic mass is 19.1. The molecule has 1 aliphatic rings. The first-order valence-corrected chi connectivity index (χ1v) is 8.76. The minimum absolute atomic E-state index is 0.145. The number of nitrogens with one attached hydrogen (secondary N) is 1. The lowest BCUT2D eigenvalue weighted by Crippen LogP contribution is -2.29. The molecule has 0 amide bonds. The van der Waals surface area contributed by atoms with Crippen molar-refractivity contribution < 1.29 is 8.78 Å². The number of fused-ring (bicyclic) bond motifs is 1. The predicted molar refractivity (Wildman–Crippen MR) is 95.9 cm³/mol. The third-order valence-electron chi connectivity index (χ3n) is 4.75. The molecule has 0 spiro atoms. The first-order chi connectivity index (χ1) is 12.6. The number of hydrogen-bond donors (Lipinski definition) is 1. The molecule has 0 bridgehead atoms. The lowest BCUT2D eigenvalue weighted by atomic mass is 10.2. The van der Waals surface area contributed by atoms with Gasteiger partial charge in [0.05, 0.1) is 10.9 Å². The third-order valence-corrected chi connectivity index (χ3v) is 4.75. The van der Waals surface area contributed by atoms with Crippen molar-refractivity contribution >= 4 is 10.9 Å². The van der Waals surface area contributed by atoms with Gasteiger partial charge in [-0.25, -0.2) is 13.8 Å². The number of nitrogens with zero attached hydrogens (tertiary/aromatic N) is 2. The van der Waals surface area contributed by atoms with Crippen LogP contribution in [0, 0.1) is 11.6 Å². The predicted octanol–water partition coefficient (Wildman–Crippen LogP) is 3.41. The standard InChI is InChI=1S/C20H19F2N3O/c21-14-6-5-13(17(22)11-14)12-25(15-7-8-15)10-9-19-23-18-4-2-1-3-16(18)20(26)24-19/h1-6,11,15H,7-10,12H2,(H,23,24,26). The number of halogens is 2. The van der Waals surface area contributed by atoms with Crippen molar-refractivity contribution in [3.05, 3.63) is 75.8 Å². The molecule has 134 valence electrons. The van der Waals surface area contributed by atoms with Crippen LogP contribution >= 0.6 is 0 Å². The molecule has 1 N–H and O–H groups in total. The highest BCUT2D eigenvalue weighted by Gasteiger charge is 2.29. The molecule has 4 rings (SSSR count). The maximum Gasteiger partial charge on any atom is 0.258 e. The second kappa shape index (κ2) is 6.96. The summed E-state index contributed by atoms with van der Waals surface area (Å²) in [5, 5.41) is 0.573. The summed E-state index contributed by atoms with van der Waals surface area (Å²) in [5.41, 5.74) is 1.01. The number of para-hydroxylation sites is 1. The number of benzene rings is 2. The molecular weight excluding hydrogens is 336 g/mol. The molecule has 3 aromatic rings. The Labute approximate surface area is 149 Å². The van der Waals surface area contributed by atoms with Crippen LogP contribution in [0.25, 0.3) is 10.9 Å². The Kier molecular flexibility index (Phi) is 4.51. The first-order valence-electron chi connectivity index (χ1n) is 8.76. The third kappa shape index (κ3) is 3.65. The van der Waals surface area contributed by atoms with Crippen LogP contribution in [0.5, 0.6) is 0 Å². The molecule has 1 saturated carbocycles. The molecule has 26 heavy (non-hydrogen) atoms. The van der Waals surface area contributed by atoms with E-state index in [2.05, 4.69) is 14.9 Å². The molecule has 0 saturated heterocycles. The van der Waals surface area contributed by atoms with Crippen LogP contribution in [0.15, 0.2) is 47.3 Å². The van der Waals surface area contributed by atoms with E-state index in [0.29, 0.717) is 47.8 Å². The monoisotopic (exact) mass is 355 g/mol. The van der Waals surface area contributed by atoms with E-state index in [1.807, 2.05) is 18.2 Å². The zero-order valence-corrected chi connectivity index (χ0v) is 14.2. The summed E-state index contributed by atoms with van der Waals surface area (Å²) in [6.45, 7) is 1.08. The summed E-state index contributed by atoms with van der Waals surface area (Å²) in [4.78, 5) is 21.7. The fourth-order valence-corrected chi connectivity index (χ4v) is 3.20. The van der Waals surface area contributed by atoms with Gasteiger partial charge in [0, 0.05) is 37.2 Å². The molecule has 4 nitrogen and oxygen atoms in total. The Hall–Kier alpha value is -2.60. The van der Waals surface area contributed by atoms with E-state index in [1.54, 1.807) is 6.07 Å². The van der Waals surface area contributed by atoms with Gasteiger partial charge in [-0.2, -0.15) is 0 Å². The Morgan fingerprint density at radius 1 is 1.15 bits per heavy atom. The van der Waals surface area contributed by atoms with Crippen molar-refractivity contribution in [1.29, 1.82) is 0 Å². The van der Waals surface area contributed by atoms with Crippen LogP contribution in [0.4, 0.5) is 8.78 Å². The van der Waals surface area contributed by atoms with Gasteiger partial charge < -0.3 is 4.98 Å². The van der Waals surface area contributed by atoms with Gasteiger partial charge in [0.1, 0.15) is 17.5 Å². The minimum Gasteiger partial charge on any atom is -0.310 e. The van der Waals surface area contributed by atoms with Gasteiger partial charge in [-0.1, -0.05) is 18.2 Å². The van der Waals surface area contributed by atoms with Crippen LogP contribution in [-0.4, -0.2) is 27.5 Å². The normalized spacial score (nSPS) is 14.3. The van der Waals surface area contributed by atoms with Crippen LogP contribution in [0.1, 0.15) is 24.2 Å². The van der Waals surface area contributed by atoms with Gasteiger partial charge in [0.15, 0.2) is 0 Å². The fraction of sp³-hybridized carbons (Fsp3) is 0.300. The van der Waals surface area contributed by atoms with Gasteiger partial charge >= 0.3 is 0 Å². The van der Waals surface area contributed by atoms with Gasteiger partial charge in [-0.3, -0.25) is 9.69 Å². The number of aromatic amines is 1. The van der Waals surface area contributed by atoms with Crippen molar-refractivity contribution in [3.8, 4) is 0 Å². The van der Waals surface area contributed by atoms with E-state index in [9.17, 15) is 13.6 Å². The summed E-state index contributed by atoms with van der Waals surface area (Å²) in [6, 6.07) is 11.3. The molecule has 0 unspecified atom stereocenters. The van der Waals surface area contributed by atoms with Crippen LogP contribution < -0.4 is 5.56 Å². The molecular formula is C20H19F2N3O. The number of hydrogen-bond acceptors (Lipinski definition) is 3. The molecule has 0 aliphatic heterocycles. The van der Waals surface area contributed by atoms with Crippen LogP contribution in [-0.2, 0) is 13.0 Å². The summed E-state index contributed by atoms with van der Waals surface area (Å²) in [5.74, 6) is -0.464. The number of H-pyrrole nitrogens is 1. The quantitative estimate of drug-likeness (QED) is 0.737. The smallest absolute Gasteiger partial charge is 0.258 e. The van der Waals surface area contributed by atoms with Gasteiger partial charge in [0.2, 0.25) is 0 Å². The summed E-state index contributed by atoms with van der Waals surface area (Å²) >= 11 is 0. The Morgan fingerprint density at radius 2 is 1.96 bits per heavy atom. The van der Waals surface area contributed by atoms with Gasteiger partial charge in [-0.15, -0.1) is 0 Å². The Morgan fingerprint density at radius 3 is 2.73 bits per heavy atom. The second-order valence-electron chi connectivity index (χ2n) is 6.72. The fourth-order valence-electron chi connectivity index (χ4n) is 3.20. The van der Waals surface area contributed by atoms with E-state index < -0.39 is 11.6 Å². The average molecular weight is 355 g/mol. The molecule has 6 heteroatoms.